The van der Waals surface area contributed by atoms with Crippen molar-refractivity contribution in [3.63, 3.8) is 0 Å². The molecule has 0 fully saturated rings. The van der Waals surface area contributed by atoms with E-state index in [1.165, 1.54) is 24.5 Å². The maximum atomic E-state index is 13.6. The molecule has 0 unspecified atom stereocenters. The molecule has 4 aromatic rings. The van der Waals surface area contributed by atoms with Crippen LogP contribution in [0.15, 0.2) is 59.2 Å². The van der Waals surface area contributed by atoms with Crippen molar-refractivity contribution in [2.24, 2.45) is 0 Å². The second kappa shape index (κ2) is 8.67. The fourth-order valence-electron chi connectivity index (χ4n) is 2.89. The molecule has 2 aromatic carbocycles. The Morgan fingerprint density at radius 3 is 2.59 bits per heavy atom. The lowest BCUT2D eigenvalue weighted by molar-refractivity contribution is -0.137. The highest BCUT2D eigenvalue weighted by molar-refractivity contribution is 7.00. The van der Waals surface area contributed by atoms with Crippen LogP contribution in [0.2, 0.25) is 0 Å². The van der Waals surface area contributed by atoms with Crippen LogP contribution >= 0.6 is 11.7 Å². The van der Waals surface area contributed by atoms with Crippen LogP contribution in [0.25, 0.3) is 11.0 Å². The molecule has 0 spiro atoms. The molecular formula is C20H14F3N5O3S. The summed E-state index contributed by atoms with van der Waals surface area (Å²) < 4.78 is 53.8. The Balaban J connectivity index is 1.47. The summed E-state index contributed by atoms with van der Waals surface area (Å²) in [7, 11) is 0. The summed E-state index contributed by atoms with van der Waals surface area (Å²) in [6, 6.07) is 11.1. The van der Waals surface area contributed by atoms with Gasteiger partial charge in [-0.05, 0) is 42.5 Å². The lowest BCUT2D eigenvalue weighted by Gasteiger charge is -2.16. The molecule has 2 aromatic heterocycles. The Morgan fingerprint density at radius 2 is 1.84 bits per heavy atom. The standard InChI is InChI=1S/C20H14F3N5O3S/c21-20(22,23)12-9-11(25-19(30)16-5-2-8-31-16)6-7-13(12)24-10-17(29)26-14-3-1-4-15-18(14)28-32-27-15/h1-9,24H,10H2,(H,25,30)(H,26,29). The van der Waals surface area contributed by atoms with Crippen molar-refractivity contribution in [3.8, 4) is 0 Å². The highest BCUT2D eigenvalue weighted by Gasteiger charge is 2.34. The summed E-state index contributed by atoms with van der Waals surface area (Å²) >= 11 is 0.986. The van der Waals surface area contributed by atoms with Gasteiger partial charge in [-0.2, -0.15) is 21.9 Å². The number of benzene rings is 2. The van der Waals surface area contributed by atoms with Gasteiger partial charge in [0.05, 0.1) is 35.8 Å². The lowest BCUT2D eigenvalue weighted by Crippen LogP contribution is -2.23. The molecule has 0 atom stereocenters. The predicted octanol–water partition coefficient (Wildman–Crippen LogP) is 4.61. The van der Waals surface area contributed by atoms with E-state index in [4.69, 9.17) is 4.42 Å². The second-order valence-electron chi connectivity index (χ2n) is 6.53. The number of hydrogen-bond donors (Lipinski definition) is 3. The molecule has 0 aliphatic heterocycles. The van der Waals surface area contributed by atoms with Crippen LogP contribution in [0.1, 0.15) is 16.1 Å². The van der Waals surface area contributed by atoms with Gasteiger partial charge in [0.15, 0.2) is 5.76 Å². The van der Waals surface area contributed by atoms with E-state index in [0.29, 0.717) is 16.7 Å². The molecule has 164 valence electrons. The van der Waals surface area contributed by atoms with Gasteiger partial charge in [0.2, 0.25) is 5.91 Å². The van der Waals surface area contributed by atoms with Crippen molar-refractivity contribution < 1.29 is 27.2 Å². The average Bonchev–Trinajstić information content (AvgIpc) is 3.44. The first kappa shape index (κ1) is 21.3. The van der Waals surface area contributed by atoms with E-state index in [0.717, 1.165) is 23.9 Å². The van der Waals surface area contributed by atoms with Gasteiger partial charge in [0, 0.05) is 11.4 Å². The van der Waals surface area contributed by atoms with Crippen LogP contribution in [0.3, 0.4) is 0 Å². The van der Waals surface area contributed by atoms with Gasteiger partial charge in [0.1, 0.15) is 11.0 Å². The quantitative estimate of drug-likeness (QED) is 0.387. The Morgan fingerprint density at radius 1 is 1.00 bits per heavy atom. The second-order valence-corrected chi connectivity index (χ2v) is 7.06. The summed E-state index contributed by atoms with van der Waals surface area (Å²) in [5, 5.41) is 7.44. The highest BCUT2D eigenvalue weighted by atomic mass is 32.1. The van der Waals surface area contributed by atoms with Gasteiger partial charge in [-0.25, -0.2) is 0 Å². The normalized spacial score (nSPS) is 11.3. The van der Waals surface area contributed by atoms with Gasteiger partial charge in [-0.3, -0.25) is 9.59 Å². The number of alkyl halides is 3. The molecule has 2 heterocycles. The molecule has 0 saturated carbocycles. The summed E-state index contributed by atoms with van der Waals surface area (Å²) in [6.07, 6.45) is -3.44. The van der Waals surface area contributed by atoms with Crippen molar-refractivity contribution in [1.29, 1.82) is 0 Å². The van der Waals surface area contributed by atoms with Crippen LogP contribution < -0.4 is 16.0 Å². The summed E-state index contributed by atoms with van der Waals surface area (Å²) in [5.74, 6) is -1.29. The summed E-state index contributed by atoms with van der Waals surface area (Å²) in [6.45, 7) is -0.421. The highest BCUT2D eigenvalue weighted by Crippen LogP contribution is 2.36. The number of halogens is 3. The van der Waals surface area contributed by atoms with Crippen molar-refractivity contribution in [3.05, 3.63) is 66.1 Å². The monoisotopic (exact) mass is 461 g/mol. The summed E-state index contributed by atoms with van der Waals surface area (Å²) in [4.78, 5) is 24.3. The maximum Gasteiger partial charge on any atom is 0.418 e. The first-order valence-electron chi connectivity index (χ1n) is 9.12. The van der Waals surface area contributed by atoms with Crippen LogP contribution in [0.5, 0.6) is 0 Å². The van der Waals surface area contributed by atoms with Crippen molar-refractivity contribution >= 4 is 51.6 Å². The third kappa shape index (κ3) is 4.70. The van der Waals surface area contributed by atoms with Crippen molar-refractivity contribution in [2.75, 3.05) is 22.5 Å². The molecule has 8 nitrogen and oxygen atoms in total. The van der Waals surface area contributed by atoms with E-state index in [9.17, 15) is 22.8 Å². The Kier molecular flexibility index (Phi) is 5.77. The van der Waals surface area contributed by atoms with E-state index < -0.39 is 30.1 Å². The van der Waals surface area contributed by atoms with Crippen LogP contribution in [0, 0.1) is 0 Å². The number of hydrogen-bond acceptors (Lipinski definition) is 7. The minimum Gasteiger partial charge on any atom is -0.459 e. The van der Waals surface area contributed by atoms with Gasteiger partial charge in [-0.1, -0.05) is 6.07 Å². The van der Waals surface area contributed by atoms with Crippen LogP contribution in [-0.4, -0.2) is 27.1 Å². The molecule has 3 N–H and O–H groups in total. The molecular weight excluding hydrogens is 447 g/mol. The molecule has 4 rings (SSSR count). The zero-order chi connectivity index (χ0) is 22.7. The van der Waals surface area contributed by atoms with E-state index in [1.807, 2.05) is 0 Å². The largest absolute Gasteiger partial charge is 0.459 e. The summed E-state index contributed by atoms with van der Waals surface area (Å²) in [5.41, 5.74) is 0.0998. The third-order valence-electron chi connectivity index (χ3n) is 4.33. The number of nitrogens with zero attached hydrogens (tertiary/aromatic N) is 2. The number of carbonyl (C=O) groups excluding carboxylic acids is 2. The number of aromatic nitrogens is 2. The molecule has 2 amide bonds. The number of anilines is 3. The van der Waals surface area contributed by atoms with Gasteiger partial charge in [0.25, 0.3) is 5.91 Å². The fraction of sp³-hybridized carbons (Fsp3) is 0.100. The number of furan rings is 1. The van der Waals surface area contributed by atoms with E-state index in [1.54, 1.807) is 18.2 Å². The average molecular weight is 461 g/mol. The molecule has 0 radical (unpaired) electrons. The van der Waals surface area contributed by atoms with Crippen LogP contribution in [-0.2, 0) is 11.0 Å². The number of rotatable bonds is 6. The Labute approximate surface area is 182 Å². The Hall–Kier alpha value is -3.93. The maximum absolute atomic E-state index is 13.6. The van der Waals surface area contributed by atoms with Gasteiger partial charge < -0.3 is 20.4 Å². The van der Waals surface area contributed by atoms with E-state index >= 15 is 0 Å². The SMILES string of the molecule is O=C(CNc1ccc(NC(=O)c2ccco2)cc1C(F)(F)F)Nc1cccc2nsnc12. The first-order valence-corrected chi connectivity index (χ1v) is 9.85. The lowest BCUT2D eigenvalue weighted by atomic mass is 10.1. The van der Waals surface area contributed by atoms with Crippen molar-refractivity contribution in [2.45, 2.75) is 6.18 Å². The zero-order valence-electron chi connectivity index (χ0n) is 16.1. The van der Waals surface area contributed by atoms with Crippen LogP contribution in [0.4, 0.5) is 30.2 Å². The zero-order valence-corrected chi connectivity index (χ0v) is 16.9. The minimum absolute atomic E-state index is 0.0391. The van der Waals surface area contributed by atoms with E-state index in [2.05, 4.69) is 24.7 Å². The predicted molar refractivity (Wildman–Crippen MR) is 113 cm³/mol. The number of amides is 2. The Bertz CT molecular complexity index is 1270. The van der Waals surface area contributed by atoms with Crippen molar-refractivity contribution in [1.82, 2.24) is 8.75 Å². The molecule has 0 bridgehead atoms. The molecule has 0 saturated heterocycles. The smallest absolute Gasteiger partial charge is 0.418 e. The molecule has 0 aliphatic carbocycles. The topological polar surface area (TPSA) is 109 Å². The molecule has 12 heteroatoms. The first-order chi connectivity index (χ1) is 15.3. The molecule has 0 aliphatic rings. The fourth-order valence-corrected chi connectivity index (χ4v) is 3.44. The van der Waals surface area contributed by atoms with Gasteiger partial charge in [-0.15, -0.1) is 0 Å². The third-order valence-corrected chi connectivity index (χ3v) is 4.87. The minimum atomic E-state index is -4.72. The van der Waals surface area contributed by atoms with Gasteiger partial charge >= 0.3 is 6.18 Å². The molecule has 32 heavy (non-hydrogen) atoms. The number of nitrogens with one attached hydrogen (secondary N) is 3. The van der Waals surface area contributed by atoms with E-state index in [-0.39, 0.29) is 17.1 Å². The number of carbonyl (C=O) groups is 2. The number of fused-ring (bicyclic) bond motifs is 1.